The van der Waals surface area contributed by atoms with E-state index in [0.717, 1.165) is 22.4 Å². The lowest BCUT2D eigenvalue weighted by Crippen LogP contribution is -2.46. The summed E-state index contributed by atoms with van der Waals surface area (Å²) in [5, 5.41) is 0. The molecule has 0 fully saturated rings. The van der Waals surface area contributed by atoms with Crippen LogP contribution in [0.3, 0.4) is 0 Å². The van der Waals surface area contributed by atoms with Gasteiger partial charge in [0, 0.05) is 23.6 Å². The van der Waals surface area contributed by atoms with Gasteiger partial charge in [-0.25, -0.2) is 4.79 Å². The molecular weight excluding hydrogens is 470 g/mol. The van der Waals surface area contributed by atoms with Crippen LogP contribution in [0, 0.1) is 0 Å². The van der Waals surface area contributed by atoms with Gasteiger partial charge < -0.3 is 9.64 Å². The highest BCUT2D eigenvalue weighted by atomic mass is 16.6. The smallest absolute Gasteiger partial charge is 0.329 e. The van der Waals surface area contributed by atoms with E-state index in [1.165, 1.54) is 0 Å². The Morgan fingerprint density at radius 2 is 1.24 bits per heavy atom. The molecule has 0 saturated carbocycles. The van der Waals surface area contributed by atoms with Crippen molar-refractivity contribution < 1.29 is 14.3 Å². The molecule has 0 radical (unpaired) electrons. The Morgan fingerprint density at radius 3 is 1.79 bits per heavy atom. The van der Waals surface area contributed by atoms with Crippen LogP contribution in [0.2, 0.25) is 0 Å². The summed E-state index contributed by atoms with van der Waals surface area (Å²) in [5.41, 5.74) is 4.06. The highest BCUT2D eigenvalue weighted by molar-refractivity contribution is 5.98. The van der Waals surface area contributed by atoms with Crippen LogP contribution in [0.25, 0.3) is 0 Å². The standard InChI is InChI=1S/C34H33NO3/c1-34(2,3)38-33(37)32-28(23-30(36)24-15-7-4-8-16-24)27-21-13-14-22-29(27)35(32)31(25-17-9-5-10-18-25)26-19-11-6-12-20-26/h4-22,28,31-32H,23H2,1-3H3/t28-,32+/m0/s1. The molecule has 2 atom stereocenters. The van der Waals surface area contributed by atoms with Gasteiger partial charge in [-0.1, -0.05) is 109 Å². The second-order valence-electron chi connectivity index (χ2n) is 10.8. The van der Waals surface area contributed by atoms with Crippen LogP contribution < -0.4 is 4.90 Å². The Hall–Kier alpha value is -4.18. The maximum Gasteiger partial charge on any atom is 0.329 e. The summed E-state index contributed by atoms with van der Waals surface area (Å²) < 4.78 is 6.03. The van der Waals surface area contributed by atoms with E-state index in [1.807, 2.05) is 106 Å². The first-order valence-corrected chi connectivity index (χ1v) is 13.1. The molecule has 1 heterocycles. The van der Waals surface area contributed by atoms with E-state index >= 15 is 0 Å². The molecule has 0 aliphatic carbocycles. The highest BCUT2D eigenvalue weighted by Gasteiger charge is 2.48. The third kappa shape index (κ3) is 5.26. The molecule has 4 heteroatoms. The number of hydrogen-bond acceptors (Lipinski definition) is 4. The fraction of sp³-hybridized carbons (Fsp3) is 0.235. The summed E-state index contributed by atoms with van der Waals surface area (Å²) in [6, 6.07) is 36.9. The third-order valence-electron chi connectivity index (χ3n) is 6.95. The van der Waals surface area contributed by atoms with Crippen molar-refractivity contribution in [3.05, 3.63) is 138 Å². The summed E-state index contributed by atoms with van der Waals surface area (Å²) in [5.74, 6) is -0.670. The first kappa shape index (κ1) is 25.5. The number of hydrogen-bond donors (Lipinski definition) is 0. The van der Waals surface area contributed by atoms with E-state index in [2.05, 4.69) is 35.2 Å². The summed E-state index contributed by atoms with van der Waals surface area (Å²) in [6.45, 7) is 5.65. The molecule has 0 amide bonds. The molecule has 0 aromatic heterocycles. The highest BCUT2D eigenvalue weighted by Crippen LogP contribution is 2.49. The Bertz CT molecular complexity index is 1350. The van der Waals surface area contributed by atoms with Crippen LogP contribution in [0.1, 0.15) is 66.2 Å². The largest absolute Gasteiger partial charge is 0.458 e. The summed E-state index contributed by atoms with van der Waals surface area (Å²) in [4.78, 5) is 29.7. The van der Waals surface area contributed by atoms with Crippen molar-refractivity contribution in [3.63, 3.8) is 0 Å². The quantitative estimate of drug-likeness (QED) is 0.195. The minimum absolute atomic E-state index is 0.0109. The monoisotopic (exact) mass is 503 g/mol. The molecule has 1 aliphatic heterocycles. The molecular formula is C34H33NO3. The zero-order chi connectivity index (χ0) is 26.7. The maximum absolute atomic E-state index is 14.1. The van der Waals surface area contributed by atoms with Gasteiger partial charge in [-0.15, -0.1) is 0 Å². The topological polar surface area (TPSA) is 46.6 Å². The number of fused-ring (bicyclic) bond motifs is 1. The van der Waals surface area contributed by atoms with Crippen molar-refractivity contribution >= 4 is 17.4 Å². The Labute approximate surface area is 224 Å². The summed E-state index contributed by atoms with van der Waals surface area (Å²) in [6.07, 6.45) is 0.206. The van der Waals surface area contributed by atoms with Crippen molar-refractivity contribution in [1.82, 2.24) is 0 Å². The predicted molar refractivity (Wildman–Crippen MR) is 151 cm³/mol. The summed E-state index contributed by atoms with van der Waals surface area (Å²) >= 11 is 0. The van der Waals surface area contributed by atoms with Crippen LogP contribution in [0.5, 0.6) is 0 Å². The zero-order valence-corrected chi connectivity index (χ0v) is 22.1. The number of carbonyl (C=O) groups is 2. The number of esters is 1. The number of nitrogens with zero attached hydrogens (tertiary/aromatic N) is 1. The third-order valence-corrected chi connectivity index (χ3v) is 6.95. The lowest BCUT2D eigenvalue weighted by Gasteiger charge is -2.37. The zero-order valence-electron chi connectivity index (χ0n) is 22.1. The van der Waals surface area contributed by atoms with Crippen LogP contribution >= 0.6 is 0 Å². The molecule has 5 rings (SSSR count). The molecule has 0 unspecified atom stereocenters. The maximum atomic E-state index is 14.1. The SMILES string of the molecule is CC(C)(C)OC(=O)[C@H]1[C@@H](CC(=O)c2ccccc2)c2ccccc2N1C(c1ccccc1)c1ccccc1. The molecule has 4 aromatic rings. The van der Waals surface area contributed by atoms with E-state index in [1.54, 1.807) is 0 Å². The van der Waals surface area contributed by atoms with Crippen molar-refractivity contribution in [2.45, 2.75) is 50.8 Å². The molecule has 38 heavy (non-hydrogen) atoms. The van der Waals surface area contributed by atoms with Gasteiger partial charge in [0.05, 0.1) is 6.04 Å². The van der Waals surface area contributed by atoms with Crippen molar-refractivity contribution in [3.8, 4) is 0 Å². The number of para-hydroxylation sites is 1. The molecule has 4 nitrogen and oxygen atoms in total. The molecule has 0 bridgehead atoms. The van der Waals surface area contributed by atoms with Gasteiger partial charge in [-0.3, -0.25) is 4.79 Å². The fourth-order valence-corrected chi connectivity index (χ4v) is 5.44. The van der Waals surface area contributed by atoms with Crippen molar-refractivity contribution in [1.29, 1.82) is 0 Å². The second kappa shape index (κ2) is 10.7. The Morgan fingerprint density at radius 1 is 0.737 bits per heavy atom. The molecule has 0 spiro atoms. The van der Waals surface area contributed by atoms with Crippen molar-refractivity contribution in [2.24, 2.45) is 0 Å². The van der Waals surface area contributed by atoms with E-state index in [9.17, 15) is 9.59 Å². The van der Waals surface area contributed by atoms with Crippen LogP contribution in [-0.2, 0) is 9.53 Å². The lowest BCUT2D eigenvalue weighted by atomic mass is 9.87. The van der Waals surface area contributed by atoms with Crippen LogP contribution in [0.4, 0.5) is 5.69 Å². The molecule has 192 valence electrons. The Balaban J connectivity index is 1.67. The van der Waals surface area contributed by atoms with Crippen LogP contribution in [-0.4, -0.2) is 23.4 Å². The van der Waals surface area contributed by atoms with Gasteiger partial charge in [-0.05, 0) is 43.5 Å². The van der Waals surface area contributed by atoms with Gasteiger partial charge in [0.25, 0.3) is 0 Å². The Kier molecular flexibility index (Phi) is 7.15. The lowest BCUT2D eigenvalue weighted by molar-refractivity contribution is -0.157. The van der Waals surface area contributed by atoms with Gasteiger partial charge in [0.2, 0.25) is 0 Å². The molecule has 1 aliphatic rings. The first-order valence-electron chi connectivity index (χ1n) is 13.1. The molecule has 0 saturated heterocycles. The number of rotatable bonds is 7. The molecule has 0 N–H and O–H groups in total. The van der Waals surface area contributed by atoms with Gasteiger partial charge >= 0.3 is 5.97 Å². The number of Topliss-reactive ketones (excluding diaryl/α,β-unsaturated/α-hetero) is 1. The minimum Gasteiger partial charge on any atom is -0.458 e. The van der Waals surface area contributed by atoms with E-state index in [-0.39, 0.29) is 30.1 Å². The average Bonchev–Trinajstić information content (AvgIpc) is 3.23. The summed E-state index contributed by atoms with van der Waals surface area (Å²) in [7, 11) is 0. The van der Waals surface area contributed by atoms with Crippen LogP contribution in [0.15, 0.2) is 115 Å². The minimum atomic E-state index is -0.676. The fourth-order valence-electron chi connectivity index (χ4n) is 5.44. The predicted octanol–water partition coefficient (Wildman–Crippen LogP) is 7.36. The van der Waals surface area contributed by atoms with E-state index in [4.69, 9.17) is 4.74 Å². The number of benzene rings is 4. The first-order chi connectivity index (χ1) is 18.3. The van der Waals surface area contributed by atoms with Crippen molar-refractivity contribution in [2.75, 3.05) is 4.90 Å². The molecule has 4 aromatic carbocycles. The number of ether oxygens (including phenoxy) is 1. The van der Waals surface area contributed by atoms with E-state index < -0.39 is 11.6 Å². The van der Waals surface area contributed by atoms with E-state index in [0.29, 0.717) is 5.56 Å². The number of anilines is 1. The normalized spacial score (nSPS) is 16.8. The van der Waals surface area contributed by atoms with Gasteiger partial charge in [-0.2, -0.15) is 0 Å². The van der Waals surface area contributed by atoms with Gasteiger partial charge in [0.1, 0.15) is 11.6 Å². The average molecular weight is 504 g/mol. The number of carbonyl (C=O) groups excluding carboxylic acids is 2. The van der Waals surface area contributed by atoms with Gasteiger partial charge in [0.15, 0.2) is 5.78 Å². The number of ketones is 1. The second-order valence-corrected chi connectivity index (χ2v) is 10.8.